The smallest absolute Gasteiger partial charge is 0.222 e. The molecule has 2 aromatic carbocycles. The Kier molecular flexibility index (Phi) is 4.77. The van der Waals surface area contributed by atoms with Crippen molar-refractivity contribution in [3.8, 4) is 17.2 Å². The Morgan fingerprint density at radius 1 is 1.12 bits per heavy atom. The molecule has 0 bridgehead atoms. The molecule has 26 heavy (non-hydrogen) atoms. The monoisotopic (exact) mass is 346 g/mol. The van der Waals surface area contributed by atoms with E-state index in [4.69, 9.17) is 4.99 Å². The number of hydrogen-bond acceptors (Lipinski definition) is 3. The van der Waals surface area contributed by atoms with Crippen molar-refractivity contribution in [1.29, 1.82) is 5.26 Å². The zero-order valence-electron chi connectivity index (χ0n) is 15.6. The molecule has 1 aliphatic rings. The molecule has 3 rings (SSSR count). The van der Waals surface area contributed by atoms with Crippen LogP contribution in [0.25, 0.3) is 11.1 Å². The molecule has 2 aromatic rings. The number of nitriles is 1. The summed E-state index contributed by atoms with van der Waals surface area (Å²) >= 11 is 0. The van der Waals surface area contributed by atoms with Crippen molar-refractivity contribution < 1.29 is 4.79 Å². The van der Waals surface area contributed by atoms with E-state index in [1.54, 1.807) is 11.8 Å². The fraction of sp³-hybridized carbons (Fsp3) is 0.286. The second-order valence-electron chi connectivity index (χ2n) is 6.61. The SMILES string of the molecule is CC(=O)N1CN(C(C)=Nc2cc(C)c(C)c(-c3ccccc3)c2C#N)C1. The van der Waals surface area contributed by atoms with Gasteiger partial charge in [-0.25, -0.2) is 4.99 Å². The van der Waals surface area contributed by atoms with E-state index in [2.05, 4.69) is 6.07 Å². The van der Waals surface area contributed by atoms with Gasteiger partial charge in [0, 0.05) is 12.5 Å². The zero-order chi connectivity index (χ0) is 18.8. The first-order chi connectivity index (χ1) is 12.4. The molecular weight excluding hydrogens is 324 g/mol. The van der Waals surface area contributed by atoms with Gasteiger partial charge in [0.25, 0.3) is 0 Å². The normalized spacial score (nSPS) is 14.0. The first-order valence-electron chi connectivity index (χ1n) is 8.58. The highest BCUT2D eigenvalue weighted by Gasteiger charge is 2.27. The number of aryl methyl sites for hydroxylation is 1. The third-order valence-corrected chi connectivity index (χ3v) is 4.87. The highest BCUT2D eigenvalue weighted by molar-refractivity contribution is 5.88. The number of amides is 1. The Labute approximate surface area is 154 Å². The van der Waals surface area contributed by atoms with Gasteiger partial charge in [-0.1, -0.05) is 30.3 Å². The molecule has 132 valence electrons. The van der Waals surface area contributed by atoms with E-state index in [1.165, 1.54) is 0 Å². The largest absolute Gasteiger partial charge is 0.324 e. The fourth-order valence-electron chi connectivity index (χ4n) is 3.08. The van der Waals surface area contributed by atoms with Gasteiger partial charge in [0.1, 0.15) is 11.9 Å². The third-order valence-electron chi connectivity index (χ3n) is 4.87. The molecule has 1 fully saturated rings. The number of amidine groups is 1. The number of benzene rings is 2. The summed E-state index contributed by atoms with van der Waals surface area (Å²) in [5.41, 5.74) is 5.41. The number of rotatable bonds is 2. The van der Waals surface area contributed by atoms with Crippen molar-refractivity contribution >= 4 is 17.4 Å². The summed E-state index contributed by atoms with van der Waals surface area (Å²) in [5, 5.41) is 9.83. The third kappa shape index (κ3) is 3.18. The first kappa shape index (κ1) is 17.7. The second-order valence-corrected chi connectivity index (χ2v) is 6.61. The fourth-order valence-corrected chi connectivity index (χ4v) is 3.08. The standard InChI is InChI=1S/C21H22N4O/c1-14-10-20(23-16(3)24-12-25(13-24)17(4)26)19(11-22)21(15(14)2)18-8-6-5-7-9-18/h5-10H,12-13H2,1-4H3. The maximum Gasteiger partial charge on any atom is 0.222 e. The van der Waals surface area contributed by atoms with Gasteiger partial charge in [0.2, 0.25) is 5.91 Å². The van der Waals surface area contributed by atoms with Crippen LogP contribution >= 0.6 is 0 Å². The lowest BCUT2D eigenvalue weighted by molar-refractivity contribution is -0.139. The number of carbonyl (C=O) groups is 1. The number of carbonyl (C=O) groups excluding carboxylic acids is 1. The summed E-state index contributed by atoms with van der Waals surface area (Å²) in [6, 6.07) is 14.3. The van der Waals surface area contributed by atoms with Gasteiger partial charge in [-0.2, -0.15) is 5.26 Å². The lowest BCUT2D eigenvalue weighted by atomic mass is 9.91. The van der Waals surface area contributed by atoms with Gasteiger partial charge < -0.3 is 9.80 Å². The molecule has 0 aliphatic carbocycles. The van der Waals surface area contributed by atoms with Crippen LogP contribution < -0.4 is 0 Å². The minimum Gasteiger partial charge on any atom is -0.324 e. The van der Waals surface area contributed by atoms with Crippen LogP contribution in [-0.4, -0.2) is 34.9 Å². The molecule has 0 atom stereocenters. The molecule has 0 N–H and O–H groups in total. The molecule has 5 nitrogen and oxygen atoms in total. The van der Waals surface area contributed by atoms with Crippen molar-refractivity contribution in [2.24, 2.45) is 4.99 Å². The minimum absolute atomic E-state index is 0.0595. The summed E-state index contributed by atoms with van der Waals surface area (Å²) in [4.78, 5) is 19.8. The summed E-state index contributed by atoms with van der Waals surface area (Å²) in [5.74, 6) is 0.866. The minimum atomic E-state index is 0.0595. The molecule has 1 amide bonds. The Balaban J connectivity index is 2.04. The second kappa shape index (κ2) is 7.01. The molecule has 0 saturated carbocycles. The van der Waals surface area contributed by atoms with E-state index in [0.717, 1.165) is 28.1 Å². The van der Waals surface area contributed by atoms with E-state index in [-0.39, 0.29) is 5.91 Å². The number of hydrogen-bond donors (Lipinski definition) is 0. The van der Waals surface area contributed by atoms with Gasteiger partial charge in [-0.3, -0.25) is 4.79 Å². The maximum absolute atomic E-state index is 11.4. The quantitative estimate of drug-likeness (QED) is 0.610. The first-order valence-corrected chi connectivity index (χ1v) is 8.58. The average Bonchev–Trinajstić information content (AvgIpc) is 2.56. The van der Waals surface area contributed by atoms with Crippen LogP contribution in [0.4, 0.5) is 5.69 Å². The van der Waals surface area contributed by atoms with Gasteiger partial charge in [-0.15, -0.1) is 0 Å². The van der Waals surface area contributed by atoms with Crippen LogP contribution in [0, 0.1) is 25.2 Å². The predicted octanol–water partition coefficient (Wildman–Crippen LogP) is 3.97. The van der Waals surface area contributed by atoms with Gasteiger partial charge in [0.05, 0.1) is 24.6 Å². The van der Waals surface area contributed by atoms with Crippen LogP contribution in [0.1, 0.15) is 30.5 Å². The summed E-state index contributed by atoms with van der Waals surface area (Å²) in [6.45, 7) is 8.65. The van der Waals surface area contributed by atoms with Crippen molar-refractivity contribution in [2.45, 2.75) is 27.7 Å². The Morgan fingerprint density at radius 3 is 2.35 bits per heavy atom. The molecule has 0 radical (unpaired) electrons. The van der Waals surface area contributed by atoms with E-state index in [0.29, 0.717) is 24.6 Å². The van der Waals surface area contributed by atoms with E-state index in [1.807, 2.05) is 62.1 Å². The van der Waals surface area contributed by atoms with Crippen molar-refractivity contribution in [1.82, 2.24) is 9.80 Å². The molecule has 1 aliphatic heterocycles. The van der Waals surface area contributed by atoms with Crippen LogP contribution in [0.2, 0.25) is 0 Å². The molecule has 1 saturated heterocycles. The van der Waals surface area contributed by atoms with Crippen molar-refractivity contribution in [2.75, 3.05) is 13.3 Å². The highest BCUT2D eigenvalue weighted by Crippen LogP contribution is 2.36. The van der Waals surface area contributed by atoms with Crippen LogP contribution in [0.3, 0.4) is 0 Å². The number of nitrogens with zero attached hydrogens (tertiary/aromatic N) is 4. The molecule has 0 unspecified atom stereocenters. The van der Waals surface area contributed by atoms with Crippen molar-refractivity contribution in [3.63, 3.8) is 0 Å². The van der Waals surface area contributed by atoms with Crippen molar-refractivity contribution in [3.05, 3.63) is 53.1 Å². The van der Waals surface area contributed by atoms with Gasteiger partial charge in [0.15, 0.2) is 0 Å². The number of aliphatic imine (C=N–C) groups is 1. The van der Waals surface area contributed by atoms with E-state index < -0.39 is 0 Å². The average molecular weight is 346 g/mol. The van der Waals surface area contributed by atoms with Crippen LogP contribution in [-0.2, 0) is 4.79 Å². The Hall–Kier alpha value is -3.13. The zero-order valence-corrected chi connectivity index (χ0v) is 15.6. The van der Waals surface area contributed by atoms with Crippen LogP contribution in [0.15, 0.2) is 41.4 Å². The molecule has 1 heterocycles. The molecular formula is C21H22N4O. The highest BCUT2D eigenvalue weighted by atomic mass is 16.2. The molecule has 0 aromatic heterocycles. The topological polar surface area (TPSA) is 59.7 Å². The van der Waals surface area contributed by atoms with Gasteiger partial charge in [-0.05, 0) is 43.5 Å². The van der Waals surface area contributed by atoms with Crippen LogP contribution in [0.5, 0.6) is 0 Å². The summed E-state index contributed by atoms with van der Waals surface area (Å²) in [6.07, 6.45) is 0. The summed E-state index contributed by atoms with van der Waals surface area (Å²) < 4.78 is 0. The molecule has 0 spiro atoms. The van der Waals surface area contributed by atoms with E-state index >= 15 is 0 Å². The lowest BCUT2D eigenvalue weighted by Crippen LogP contribution is -2.58. The van der Waals surface area contributed by atoms with E-state index in [9.17, 15) is 10.1 Å². The lowest BCUT2D eigenvalue weighted by Gasteiger charge is -2.43. The Morgan fingerprint density at radius 2 is 1.77 bits per heavy atom. The maximum atomic E-state index is 11.4. The molecule has 5 heteroatoms. The van der Waals surface area contributed by atoms with Gasteiger partial charge >= 0.3 is 0 Å². The summed E-state index contributed by atoms with van der Waals surface area (Å²) in [7, 11) is 0. The predicted molar refractivity (Wildman–Crippen MR) is 103 cm³/mol. The Bertz CT molecular complexity index is 919.